The molecule has 1 atom stereocenters. The predicted octanol–water partition coefficient (Wildman–Crippen LogP) is 3.65. The van der Waals surface area contributed by atoms with E-state index >= 15 is 0 Å². The zero-order valence-corrected chi connectivity index (χ0v) is 15.9. The van der Waals surface area contributed by atoms with Crippen LogP contribution in [0.25, 0.3) is 0 Å². The molecule has 0 aromatic carbocycles. The summed E-state index contributed by atoms with van der Waals surface area (Å²) >= 11 is 0. The Kier molecular flexibility index (Phi) is 4.97. The van der Waals surface area contributed by atoms with Gasteiger partial charge in [-0.3, -0.25) is 4.79 Å². The van der Waals surface area contributed by atoms with Crippen LogP contribution in [0.1, 0.15) is 79.0 Å². The lowest BCUT2D eigenvalue weighted by molar-refractivity contribution is 0.0702. The summed E-state index contributed by atoms with van der Waals surface area (Å²) < 4.78 is 7.47. The first-order valence-corrected chi connectivity index (χ1v) is 9.22. The molecule has 2 aromatic heterocycles. The van der Waals surface area contributed by atoms with Crippen LogP contribution >= 0.6 is 0 Å². The lowest BCUT2D eigenvalue weighted by Gasteiger charge is -2.31. The maximum absolute atomic E-state index is 13.1. The number of carbonyl (C=O) groups is 1. The van der Waals surface area contributed by atoms with Crippen LogP contribution in [0, 0.1) is 13.8 Å². The highest BCUT2D eigenvalue weighted by Gasteiger charge is 2.30. The summed E-state index contributed by atoms with van der Waals surface area (Å²) in [5.41, 5.74) is 3.00. The molecular weight excluding hydrogens is 316 g/mol. The van der Waals surface area contributed by atoms with Crippen molar-refractivity contribution < 1.29 is 9.32 Å². The Hall–Kier alpha value is -2.11. The molecule has 3 rings (SSSR count). The van der Waals surface area contributed by atoms with Crippen molar-refractivity contribution >= 4 is 5.91 Å². The summed E-state index contributed by atoms with van der Waals surface area (Å²) in [6.45, 7) is 11.8. The largest absolute Gasteiger partial charge is 0.346 e. The molecule has 0 unspecified atom stereocenters. The maximum Gasteiger partial charge on any atom is 0.255 e. The van der Waals surface area contributed by atoms with E-state index in [9.17, 15) is 4.79 Å². The SMILES string of the molecule is CCc1nc([C@@H]2CCCN(C(=O)c3cc(C)n(C(C)C)c3C)C2)no1. The molecular formula is C19H28N4O2. The van der Waals surface area contributed by atoms with Crippen molar-refractivity contribution in [1.29, 1.82) is 0 Å². The van der Waals surface area contributed by atoms with E-state index in [-0.39, 0.29) is 11.8 Å². The molecule has 1 fully saturated rings. The van der Waals surface area contributed by atoms with Gasteiger partial charge in [0.2, 0.25) is 5.89 Å². The van der Waals surface area contributed by atoms with Crippen LogP contribution in [-0.4, -0.2) is 38.6 Å². The quantitative estimate of drug-likeness (QED) is 0.849. The van der Waals surface area contributed by atoms with E-state index in [0.29, 0.717) is 18.5 Å². The number of aromatic nitrogens is 3. The zero-order valence-electron chi connectivity index (χ0n) is 15.9. The van der Waals surface area contributed by atoms with Gasteiger partial charge >= 0.3 is 0 Å². The van der Waals surface area contributed by atoms with Crippen molar-refractivity contribution in [3.8, 4) is 0 Å². The first kappa shape index (κ1) is 17.7. The van der Waals surface area contributed by atoms with E-state index in [0.717, 1.165) is 48.6 Å². The van der Waals surface area contributed by atoms with E-state index in [4.69, 9.17) is 4.52 Å². The summed E-state index contributed by atoms with van der Waals surface area (Å²) in [4.78, 5) is 19.5. The topological polar surface area (TPSA) is 64.2 Å². The van der Waals surface area contributed by atoms with Crippen molar-refractivity contribution in [3.05, 3.63) is 34.7 Å². The Bertz CT molecular complexity index is 760. The molecule has 0 spiro atoms. The van der Waals surface area contributed by atoms with E-state index in [2.05, 4.69) is 35.5 Å². The smallest absolute Gasteiger partial charge is 0.255 e. The van der Waals surface area contributed by atoms with Crippen molar-refractivity contribution in [2.75, 3.05) is 13.1 Å². The number of piperidine rings is 1. The number of aryl methyl sites for hydroxylation is 2. The molecule has 0 saturated carbocycles. The molecule has 6 nitrogen and oxygen atoms in total. The highest BCUT2D eigenvalue weighted by Crippen LogP contribution is 2.28. The maximum atomic E-state index is 13.1. The Morgan fingerprint density at radius 2 is 2.16 bits per heavy atom. The number of hydrogen-bond donors (Lipinski definition) is 0. The molecule has 0 radical (unpaired) electrons. The summed E-state index contributed by atoms with van der Waals surface area (Å²) in [5.74, 6) is 1.68. The van der Waals surface area contributed by atoms with Gasteiger partial charge in [-0.05, 0) is 46.6 Å². The monoisotopic (exact) mass is 344 g/mol. The van der Waals surface area contributed by atoms with Crippen LogP contribution in [0.3, 0.4) is 0 Å². The number of rotatable bonds is 4. The molecule has 0 aliphatic carbocycles. The average molecular weight is 344 g/mol. The normalized spacial score (nSPS) is 18.2. The third kappa shape index (κ3) is 3.34. The lowest BCUT2D eigenvalue weighted by atomic mass is 9.96. The second-order valence-electron chi connectivity index (χ2n) is 7.24. The Morgan fingerprint density at radius 3 is 2.76 bits per heavy atom. The minimum absolute atomic E-state index is 0.115. The molecule has 1 aliphatic heterocycles. The highest BCUT2D eigenvalue weighted by molar-refractivity contribution is 5.95. The van der Waals surface area contributed by atoms with Gasteiger partial charge in [-0.15, -0.1) is 0 Å². The fourth-order valence-electron chi connectivity index (χ4n) is 3.91. The van der Waals surface area contributed by atoms with Gasteiger partial charge in [0.1, 0.15) is 0 Å². The first-order chi connectivity index (χ1) is 11.9. The molecule has 1 saturated heterocycles. The van der Waals surface area contributed by atoms with E-state index < -0.39 is 0 Å². The Balaban J connectivity index is 1.79. The van der Waals surface area contributed by atoms with Gasteiger partial charge in [0.15, 0.2) is 5.82 Å². The van der Waals surface area contributed by atoms with Crippen molar-refractivity contribution in [2.24, 2.45) is 0 Å². The van der Waals surface area contributed by atoms with Crippen LogP contribution in [0.15, 0.2) is 10.6 Å². The van der Waals surface area contributed by atoms with Gasteiger partial charge in [-0.25, -0.2) is 0 Å². The van der Waals surface area contributed by atoms with Crippen LogP contribution in [0.5, 0.6) is 0 Å². The molecule has 136 valence electrons. The molecule has 0 bridgehead atoms. The molecule has 25 heavy (non-hydrogen) atoms. The van der Waals surface area contributed by atoms with Gasteiger partial charge in [0.25, 0.3) is 5.91 Å². The number of carbonyl (C=O) groups excluding carboxylic acids is 1. The van der Waals surface area contributed by atoms with Crippen molar-refractivity contribution in [1.82, 2.24) is 19.6 Å². The Morgan fingerprint density at radius 1 is 1.40 bits per heavy atom. The molecule has 1 aliphatic rings. The van der Waals surface area contributed by atoms with Crippen molar-refractivity contribution in [2.45, 2.75) is 65.8 Å². The van der Waals surface area contributed by atoms with E-state index in [1.165, 1.54) is 0 Å². The second-order valence-corrected chi connectivity index (χ2v) is 7.24. The van der Waals surface area contributed by atoms with Crippen LogP contribution in [0.4, 0.5) is 0 Å². The summed E-state index contributed by atoms with van der Waals surface area (Å²) in [6, 6.07) is 2.37. The minimum Gasteiger partial charge on any atom is -0.346 e. The predicted molar refractivity (Wildman–Crippen MR) is 95.8 cm³/mol. The lowest BCUT2D eigenvalue weighted by Crippen LogP contribution is -2.39. The zero-order chi connectivity index (χ0) is 18.1. The molecule has 6 heteroatoms. The molecule has 3 heterocycles. The van der Waals surface area contributed by atoms with E-state index in [1.807, 2.05) is 24.8 Å². The van der Waals surface area contributed by atoms with Gasteiger partial charge in [0.05, 0.1) is 5.56 Å². The third-order valence-electron chi connectivity index (χ3n) is 5.09. The summed E-state index contributed by atoms with van der Waals surface area (Å²) in [6.07, 6.45) is 2.70. The van der Waals surface area contributed by atoms with Gasteiger partial charge < -0.3 is 14.0 Å². The van der Waals surface area contributed by atoms with Gasteiger partial charge in [-0.1, -0.05) is 12.1 Å². The number of nitrogens with zero attached hydrogens (tertiary/aromatic N) is 4. The standard InChI is InChI=1S/C19H28N4O2/c1-6-17-20-18(21-25-17)15-8-7-9-22(11-15)19(24)16-10-13(4)23(12(2)3)14(16)5/h10,12,15H,6-9,11H2,1-5H3/t15-/m1/s1. The van der Waals surface area contributed by atoms with Crippen LogP contribution in [0.2, 0.25) is 0 Å². The number of hydrogen-bond acceptors (Lipinski definition) is 4. The number of likely N-dealkylation sites (tertiary alicyclic amines) is 1. The van der Waals surface area contributed by atoms with Crippen molar-refractivity contribution in [3.63, 3.8) is 0 Å². The second kappa shape index (κ2) is 7.02. The molecule has 1 amide bonds. The average Bonchev–Trinajstić information content (AvgIpc) is 3.18. The third-order valence-corrected chi connectivity index (χ3v) is 5.09. The summed E-state index contributed by atoms with van der Waals surface area (Å²) in [5, 5.41) is 4.11. The van der Waals surface area contributed by atoms with Crippen LogP contribution in [-0.2, 0) is 6.42 Å². The fourth-order valence-corrected chi connectivity index (χ4v) is 3.91. The van der Waals surface area contributed by atoms with Gasteiger partial charge in [-0.2, -0.15) is 4.98 Å². The van der Waals surface area contributed by atoms with Gasteiger partial charge in [0, 0.05) is 42.9 Å². The fraction of sp³-hybridized carbons (Fsp3) is 0.632. The molecule has 0 N–H and O–H groups in total. The first-order valence-electron chi connectivity index (χ1n) is 9.22. The summed E-state index contributed by atoms with van der Waals surface area (Å²) in [7, 11) is 0. The molecule has 2 aromatic rings. The Labute approximate surface area is 149 Å². The van der Waals surface area contributed by atoms with Crippen LogP contribution < -0.4 is 0 Å². The highest BCUT2D eigenvalue weighted by atomic mass is 16.5. The minimum atomic E-state index is 0.115. The number of amides is 1. The van der Waals surface area contributed by atoms with E-state index in [1.54, 1.807) is 0 Å².